The fraction of sp³-hybridized carbons (Fsp3) is 0. The van der Waals surface area contributed by atoms with E-state index in [-0.39, 0.29) is 0 Å². The maximum absolute atomic E-state index is 5.77. The molecule has 0 aliphatic rings. The third kappa shape index (κ3) is 0.954. The summed E-state index contributed by atoms with van der Waals surface area (Å²) in [5, 5.41) is 0. The van der Waals surface area contributed by atoms with E-state index in [0.717, 1.165) is 5.52 Å². The van der Waals surface area contributed by atoms with Crippen LogP contribution in [0.4, 0.5) is 5.82 Å². The number of nitrogens with zero attached hydrogens (tertiary/aromatic N) is 4. The topological polar surface area (TPSA) is 95.6 Å². The molecular weight excluding hydrogens is 192 g/mol. The number of aromatic nitrogens is 4. The van der Waals surface area contributed by atoms with Crippen LogP contribution in [-0.4, -0.2) is 19.6 Å². The second-order valence-electron chi connectivity index (χ2n) is 3.22. The number of anilines is 1. The van der Waals surface area contributed by atoms with Gasteiger partial charge in [-0.3, -0.25) is 4.98 Å². The minimum absolute atomic E-state index is 0.370. The van der Waals surface area contributed by atoms with Gasteiger partial charge in [0.15, 0.2) is 5.82 Å². The first-order valence-electron chi connectivity index (χ1n) is 4.39. The molecule has 0 aromatic carbocycles. The van der Waals surface area contributed by atoms with Gasteiger partial charge in [-0.1, -0.05) is 0 Å². The SMILES string of the molecule is Nc1nc2cccnc2c2c1ncn2N. The van der Waals surface area contributed by atoms with Gasteiger partial charge in [0, 0.05) is 6.20 Å². The zero-order chi connectivity index (χ0) is 10.4. The van der Waals surface area contributed by atoms with Crippen molar-refractivity contribution in [3.05, 3.63) is 24.7 Å². The van der Waals surface area contributed by atoms with Crippen molar-refractivity contribution in [1.29, 1.82) is 0 Å². The van der Waals surface area contributed by atoms with Crippen LogP contribution in [0.3, 0.4) is 0 Å². The van der Waals surface area contributed by atoms with Gasteiger partial charge in [-0.15, -0.1) is 0 Å². The van der Waals surface area contributed by atoms with E-state index in [2.05, 4.69) is 15.0 Å². The van der Waals surface area contributed by atoms with Crippen molar-refractivity contribution in [2.24, 2.45) is 0 Å². The first kappa shape index (κ1) is 7.98. The molecule has 0 radical (unpaired) electrons. The van der Waals surface area contributed by atoms with Crippen LogP contribution >= 0.6 is 0 Å². The number of imidazole rings is 1. The smallest absolute Gasteiger partial charge is 0.152 e. The highest BCUT2D eigenvalue weighted by Crippen LogP contribution is 2.23. The molecular formula is C9H8N6. The van der Waals surface area contributed by atoms with E-state index in [4.69, 9.17) is 11.6 Å². The average molecular weight is 200 g/mol. The van der Waals surface area contributed by atoms with Gasteiger partial charge in [-0.25, -0.2) is 14.6 Å². The molecule has 6 heteroatoms. The normalized spacial score (nSPS) is 11.2. The molecule has 0 unspecified atom stereocenters. The molecule has 3 aromatic rings. The van der Waals surface area contributed by atoms with E-state index in [0.29, 0.717) is 22.4 Å². The van der Waals surface area contributed by atoms with Crippen LogP contribution in [-0.2, 0) is 0 Å². The standard InChI is InChI=1S/C9H8N6/c10-9-7-8(15(11)4-13-7)6-5(14-9)2-1-3-12-6/h1-4H,11H2,(H2,10,14). The Kier molecular flexibility index (Phi) is 1.37. The minimum Gasteiger partial charge on any atom is -0.382 e. The summed E-state index contributed by atoms with van der Waals surface area (Å²) in [6.07, 6.45) is 3.18. The van der Waals surface area contributed by atoms with Gasteiger partial charge < -0.3 is 11.6 Å². The molecule has 0 aliphatic carbocycles. The number of nitrogens with two attached hydrogens (primary N) is 2. The predicted molar refractivity (Wildman–Crippen MR) is 57.4 cm³/mol. The van der Waals surface area contributed by atoms with Crippen LogP contribution in [0, 0.1) is 0 Å². The zero-order valence-corrected chi connectivity index (χ0v) is 7.75. The second kappa shape index (κ2) is 2.57. The Balaban J connectivity index is 2.67. The highest BCUT2D eigenvalue weighted by Gasteiger charge is 2.11. The third-order valence-electron chi connectivity index (χ3n) is 2.29. The van der Waals surface area contributed by atoms with Crippen molar-refractivity contribution in [3.8, 4) is 0 Å². The first-order chi connectivity index (χ1) is 7.27. The fourth-order valence-corrected chi connectivity index (χ4v) is 1.64. The van der Waals surface area contributed by atoms with E-state index in [1.807, 2.05) is 6.07 Å². The number of rotatable bonds is 0. The monoisotopic (exact) mass is 200 g/mol. The number of hydrogen-bond acceptors (Lipinski definition) is 5. The number of nitrogen functional groups attached to an aromatic ring is 2. The molecule has 0 saturated heterocycles. The summed E-state index contributed by atoms with van der Waals surface area (Å²) in [5.41, 5.74) is 8.49. The van der Waals surface area contributed by atoms with Crippen LogP contribution < -0.4 is 11.6 Å². The molecule has 3 heterocycles. The maximum Gasteiger partial charge on any atom is 0.152 e. The molecule has 0 atom stereocenters. The Bertz CT molecular complexity index is 656. The minimum atomic E-state index is 0.370. The summed E-state index contributed by atoms with van der Waals surface area (Å²) in [5.74, 6) is 6.11. The zero-order valence-electron chi connectivity index (χ0n) is 7.75. The van der Waals surface area contributed by atoms with Crippen molar-refractivity contribution in [2.45, 2.75) is 0 Å². The number of fused-ring (bicyclic) bond motifs is 3. The van der Waals surface area contributed by atoms with Crippen molar-refractivity contribution in [3.63, 3.8) is 0 Å². The molecule has 0 spiro atoms. The van der Waals surface area contributed by atoms with Gasteiger partial charge in [0.1, 0.15) is 22.9 Å². The molecule has 0 aliphatic heterocycles. The second-order valence-corrected chi connectivity index (χ2v) is 3.22. The summed E-state index contributed by atoms with van der Waals surface area (Å²) >= 11 is 0. The molecule has 74 valence electrons. The maximum atomic E-state index is 5.77. The van der Waals surface area contributed by atoms with Crippen molar-refractivity contribution in [1.82, 2.24) is 19.6 Å². The predicted octanol–water partition coefficient (Wildman–Crippen LogP) is 0.275. The van der Waals surface area contributed by atoms with E-state index in [9.17, 15) is 0 Å². The Morgan fingerprint density at radius 1 is 1.20 bits per heavy atom. The molecule has 6 nitrogen and oxygen atoms in total. The van der Waals surface area contributed by atoms with Crippen molar-refractivity contribution >= 4 is 27.9 Å². The van der Waals surface area contributed by atoms with Crippen LogP contribution in [0.1, 0.15) is 0 Å². The van der Waals surface area contributed by atoms with Gasteiger partial charge in [-0.2, -0.15) is 0 Å². The summed E-state index contributed by atoms with van der Waals surface area (Å²) in [7, 11) is 0. The van der Waals surface area contributed by atoms with Crippen LogP contribution in [0.25, 0.3) is 22.1 Å². The van der Waals surface area contributed by atoms with Crippen LogP contribution in [0.15, 0.2) is 24.7 Å². The molecule has 3 aromatic heterocycles. The number of hydrogen-bond donors (Lipinski definition) is 2. The Morgan fingerprint density at radius 2 is 2.07 bits per heavy atom. The Labute approximate surface area is 84.5 Å². The van der Waals surface area contributed by atoms with Gasteiger partial charge in [0.25, 0.3) is 0 Å². The summed E-state index contributed by atoms with van der Waals surface area (Å²) in [6, 6.07) is 3.64. The average Bonchev–Trinajstić information content (AvgIpc) is 2.62. The van der Waals surface area contributed by atoms with Crippen molar-refractivity contribution in [2.75, 3.05) is 11.6 Å². The van der Waals surface area contributed by atoms with E-state index in [1.165, 1.54) is 11.0 Å². The van der Waals surface area contributed by atoms with Crippen LogP contribution in [0.2, 0.25) is 0 Å². The lowest BCUT2D eigenvalue weighted by molar-refractivity contribution is 1.04. The molecule has 15 heavy (non-hydrogen) atoms. The first-order valence-corrected chi connectivity index (χ1v) is 4.39. The molecule has 0 amide bonds. The molecule has 0 bridgehead atoms. The van der Waals surface area contributed by atoms with Crippen molar-refractivity contribution < 1.29 is 0 Å². The lowest BCUT2D eigenvalue weighted by Crippen LogP contribution is -2.06. The van der Waals surface area contributed by atoms with Crippen LogP contribution in [0.5, 0.6) is 0 Å². The summed E-state index contributed by atoms with van der Waals surface area (Å²) in [4.78, 5) is 12.5. The number of pyridine rings is 2. The third-order valence-corrected chi connectivity index (χ3v) is 2.29. The van der Waals surface area contributed by atoms with Gasteiger partial charge >= 0.3 is 0 Å². The van der Waals surface area contributed by atoms with E-state index < -0.39 is 0 Å². The Hall–Kier alpha value is -2.37. The molecule has 0 saturated carbocycles. The molecule has 3 rings (SSSR count). The van der Waals surface area contributed by atoms with E-state index >= 15 is 0 Å². The Morgan fingerprint density at radius 3 is 2.93 bits per heavy atom. The lowest BCUT2D eigenvalue weighted by atomic mass is 10.3. The fourth-order valence-electron chi connectivity index (χ4n) is 1.64. The summed E-state index contributed by atoms with van der Waals surface area (Å²) < 4.78 is 1.41. The van der Waals surface area contributed by atoms with Gasteiger partial charge in [0.05, 0.1) is 5.52 Å². The molecule has 0 fully saturated rings. The van der Waals surface area contributed by atoms with Gasteiger partial charge in [0.2, 0.25) is 0 Å². The largest absolute Gasteiger partial charge is 0.382 e. The van der Waals surface area contributed by atoms with E-state index in [1.54, 1.807) is 12.3 Å². The highest BCUT2D eigenvalue weighted by atomic mass is 15.3. The highest BCUT2D eigenvalue weighted by molar-refractivity contribution is 6.03. The quantitative estimate of drug-likeness (QED) is 0.508. The lowest BCUT2D eigenvalue weighted by Gasteiger charge is -2.01. The summed E-state index contributed by atoms with van der Waals surface area (Å²) in [6.45, 7) is 0. The molecule has 4 N–H and O–H groups in total. The van der Waals surface area contributed by atoms with Gasteiger partial charge in [-0.05, 0) is 12.1 Å².